The number of hydrogen-bond acceptors (Lipinski definition) is 2. The second-order valence-electron chi connectivity index (χ2n) is 5.20. The van der Waals surface area contributed by atoms with E-state index in [9.17, 15) is 13.6 Å². The van der Waals surface area contributed by atoms with E-state index in [2.05, 4.69) is 0 Å². The van der Waals surface area contributed by atoms with Crippen LogP contribution in [0.4, 0.5) is 8.78 Å². The molecule has 0 fully saturated rings. The number of carbonyl (C=O) groups is 1. The van der Waals surface area contributed by atoms with E-state index in [1.54, 1.807) is 36.4 Å². The first-order chi connectivity index (χ1) is 12.1. The van der Waals surface area contributed by atoms with Crippen LogP contribution in [0.1, 0.15) is 10.4 Å². The van der Waals surface area contributed by atoms with Crippen LogP contribution in [-0.2, 0) is 15.6 Å². The van der Waals surface area contributed by atoms with E-state index in [1.807, 2.05) is 12.1 Å². The number of ether oxygens (including phenoxy) is 1. The fraction of sp³-hybridized carbons (Fsp3) is 0.0500. The van der Waals surface area contributed by atoms with Gasteiger partial charge in [0.25, 0.3) is 0 Å². The summed E-state index contributed by atoms with van der Waals surface area (Å²) in [4.78, 5) is 14.6. The summed E-state index contributed by atoms with van der Waals surface area (Å²) in [5, 5.41) is 0. The molecule has 5 heteroatoms. The standard InChI is InChI=1S/C20H15F2O2S/c1-24-20(23)18-4-2-3-5-19(18)25(16-10-6-14(21)7-11-16)17-12-8-15(22)9-13-17/h2-13H,1H3/q+1. The molecule has 0 N–H and O–H groups in total. The second-order valence-corrected chi connectivity index (χ2v) is 7.20. The average Bonchev–Trinajstić information content (AvgIpc) is 2.65. The van der Waals surface area contributed by atoms with Gasteiger partial charge in [-0.1, -0.05) is 12.1 Å². The first kappa shape index (κ1) is 17.2. The van der Waals surface area contributed by atoms with Crippen LogP contribution in [0, 0.1) is 11.6 Å². The minimum atomic E-state index is -0.699. The lowest BCUT2D eigenvalue weighted by atomic mass is 10.2. The number of esters is 1. The highest BCUT2D eigenvalue weighted by Crippen LogP contribution is 2.33. The Balaban J connectivity index is 2.20. The number of rotatable bonds is 4. The molecule has 0 saturated carbocycles. The van der Waals surface area contributed by atoms with E-state index in [0.717, 1.165) is 14.7 Å². The van der Waals surface area contributed by atoms with Crippen molar-refractivity contribution in [3.05, 3.63) is 90.0 Å². The molecule has 0 aromatic heterocycles. The maximum Gasteiger partial charge on any atom is 0.343 e. The lowest BCUT2D eigenvalue weighted by Crippen LogP contribution is -2.12. The molecule has 25 heavy (non-hydrogen) atoms. The van der Waals surface area contributed by atoms with Crippen molar-refractivity contribution in [2.75, 3.05) is 7.11 Å². The summed E-state index contributed by atoms with van der Waals surface area (Å²) >= 11 is 0. The summed E-state index contributed by atoms with van der Waals surface area (Å²) in [5.41, 5.74) is 0.432. The van der Waals surface area contributed by atoms with Gasteiger partial charge in [0.15, 0.2) is 14.7 Å². The van der Waals surface area contributed by atoms with Gasteiger partial charge >= 0.3 is 5.97 Å². The molecule has 0 atom stereocenters. The first-order valence-electron chi connectivity index (χ1n) is 7.53. The zero-order chi connectivity index (χ0) is 17.8. The van der Waals surface area contributed by atoms with Gasteiger partial charge in [0.1, 0.15) is 28.1 Å². The zero-order valence-electron chi connectivity index (χ0n) is 13.4. The van der Waals surface area contributed by atoms with Gasteiger partial charge < -0.3 is 4.74 Å². The topological polar surface area (TPSA) is 26.3 Å². The first-order valence-corrected chi connectivity index (χ1v) is 8.75. The van der Waals surface area contributed by atoms with Crippen molar-refractivity contribution < 1.29 is 18.3 Å². The molecule has 0 radical (unpaired) electrons. The Hall–Kier alpha value is -2.66. The summed E-state index contributed by atoms with van der Waals surface area (Å²) in [6.07, 6.45) is 0. The fourth-order valence-electron chi connectivity index (χ4n) is 2.45. The largest absolute Gasteiger partial charge is 0.465 e. The maximum atomic E-state index is 13.3. The number of carbonyl (C=O) groups excluding carboxylic acids is 1. The van der Waals surface area contributed by atoms with Gasteiger partial charge in [-0.05, 0) is 60.7 Å². The monoisotopic (exact) mass is 357 g/mol. The quantitative estimate of drug-likeness (QED) is 0.493. The predicted octanol–water partition coefficient (Wildman–Crippen LogP) is 4.85. The summed E-state index contributed by atoms with van der Waals surface area (Å²) in [5.74, 6) is -1.13. The molecule has 0 saturated heterocycles. The Morgan fingerprint density at radius 3 is 1.76 bits per heavy atom. The van der Waals surface area contributed by atoms with Crippen molar-refractivity contribution >= 4 is 16.9 Å². The van der Waals surface area contributed by atoms with Crippen LogP contribution in [0.2, 0.25) is 0 Å². The second kappa shape index (κ2) is 7.49. The number of hydrogen-bond donors (Lipinski definition) is 0. The van der Waals surface area contributed by atoms with Crippen LogP contribution in [0.5, 0.6) is 0 Å². The van der Waals surface area contributed by atoms with Gasteiger partial charge in [0.05, 0.1) is 7.11 Å². The summed E-state index contributed by atoms with van der Waals surface area (Å²) in [7, 11) is 0.627. The Labute approximate surface area is 147 Å². The predicted molar refractivity (Wildman–Crippen MR) is 92.7 cm³/mol. The molecule has 3 rings (SSSR count). The van der Waals surface area contributed by atoms with Crippen LogP contribution in [0.15, 0.2) is 87.5 Å². The number of halogens is 2. The van der Waals surface area contributed by atoms with Gasteiger partial charge in [-0.2, -0.15) is 0 Å². The molecule has 0 aliphatic heterocycles. The van der Waals surface area contributed by atoms with Crippen molar-refractivity contribution in [2.24, 2.45) is 0 Å². The lowest BCUT2D eigenvalue weighted by Gasteiger charge is -2.11. The molecule has 0 amide bonds. The van der Waals surface area contributed by atoms with Crippen LogP contribution >= 0.6 is 0 Å². The molecule has 0 bridgehead atoms. The van der Waals surface area contributed by atoms with Crippen LogP contribution < -0.4 is 0 Å². The van der Waals surface area contributed by atoms with E-state index in [4.69, 9.17) is 4.74 Å². The molecular weight excluding hydrogens is 342 g/mol. The van der Waals surface area contributed by atoms with E-state index >= 15 is 0 Å². The fourth-order valence-corrected chi connectivity index (χ4v) is 4.64. The van der Waals surface area contributed by atoms with Crippen LogP contribution in [0.25, 0.3) is 0 Å². The molecule has 0 unspecified atom stereocenters. The zero-order valence-corrected chi connectivity index (χ0v) is 14.2. The lowest BCUT2D eigenvalue weighted by molar-refractivity contribution is 0.0596. The van der Waals surface area contributed by atoms with E-state index in [0.29, 0.717) is 5.56 Å². The minimum Gasteiger partial charge on any atom is -0.465 e. The summed E-state index contributed by atoms with van der Waals surface area (Å²) < 4.78 is 31.6. The van der Waals surface area contributed by atoms with Gasteiger partial charge in [-0.15, -0.1) is 0 Å². The molecule has 2 nitrogen and oxygen atoms in total. The van der Waals surface area contributed by atoms with Crippen molar-refractivity contribution in [3.63, 3.8) is 0 Å². The average molecular weight is 357 g/mol. The molecular formula is C20H15F2O2S+. The van der Waals surface area contributed by atoms with Crippen molar-refractivity contribution in [1.29, 1.82) is 0 Å². The third-order valence-corrected chi connectivity index (χ3v) is 5.89. The third-order valence-electron chi connectivity index (χ3n) is 3.61. The van der Waals surface area contributed by atoms with Gasteiger partial charge in [0.2, 0.25) is 0 Å². The summed E-state index contributed by atoms with van der Waals surface area (Å²) in [6, 6.07) is 19.3. The maximum absolute atomic E-state index is 13.3. The molecule has 0 heterocycles. The van der Waals surface area contributed by atoms with Crippen LogP contribution in [0.3, 0.4) is 0 Å². The Morgan fingerprint density at radius 2 is 1.28 bits per heavy atom. The van der Waals surface area contributed by atoms with Crippen molar-refractivity contribution in [3.8, 4) is 0 Å². The number of benzene rings is 3. The van der Waals surface area contributed by atoms with E-state index < -0.39 is 16.9 Å². The molecule has 0 aliphatic carbocycles. The van der Waals surface area contributed by atoms with E-state index in [1.165, 1.54) is 31.4 Å². The van der Waals surface area contributed by atoms with Gasteiger partial charge in [-0.3, -0.25) is 0 Å². The highest BCUT2D eigenvalue weighted by Gasteiger charge is 2.33. The molecule has 126 valence electrons. The Kier molecular flexibility index (Phi) is 5.14. The normalized spacial score (nSPS) is 10.7. The van der Waals surface area contributed by atoms with Crippen molar-refractivity contribution in [2.45, 2.75) is 14.7 Å². The SMILES string of the molecule is COC(=O)c1ccccc1[S+](c1ccc(F)cc1)c1ccc(F)cc1. The summed E-state index contributed by atoms with van der Waals surface area (Å²) in [6.45, 7) is 0. The Bertz CT molecular complexity index is 831. The third kappa shape index (κ3) is 3.72. The Morgan fingerprint density at radius 1 is 0.800 bits per heavy atom. The highest BCUT2D eigenvalue weighted by atomic mass is 32.2. The minimum absolute atomic E-state index is 0.340. The molecule has 0 spiro atoms. The van der Waals surface area contributed by atoms with Crippen molar-refractivity contribution in [1.82, 2.24) is 0 Å². The smallest absolute Gasteiger partial charge is 0.343 e. The van der Waals surface area contributed by atoms with Gasteiger partial charge in [-0.25, -0.2) is 13.6 Å². The van der Waals surface area contributed by atoms with Crippen LogP contribution in [-0.4, -0.2) is 13.1 Å². The highest BCUT2D eigenvalue weighted by molar-refractivity contribution is 7.97. The van der Waals surface area contributed by atoms with E-state index in [-0.39, 0.29) is 11.6 Å². The molecule has 0 aliphatic rings. The number of methoxy groups -OCH3 is 1. The van der Waals surface area contributed by atoms with Gasteiger partial charge in [0, 0.05) is 0 Å². The molecule has 3 aromatic rings. The molecule has 3 aromatic carbocycles.